The topological polar surface area (TPSA) is 115 Å². The highest BCUT2D eigenvalue weighted by Crippen LogP contribution is 2.33. The van der Waals surface area contributed by atoms with Crippen LogP contribution in [0.5, 0.6) is 0 Å². The van der Waals surface area contributed by atoms with Crippen LogP contribution in [-0.2, 0) is 10.0 Å². The van der Waals surface area contributed by atoms with Crippen molar-refractivity contribution in [2.45, 2.75) is 50.0 Å². The zero-order valence-electron chi connectivity index (χ0n) is 13.2. The van der Waals surface area contributed by atoms with E-state index < -0.39 is 26.2 Å². The molecule has 2 rings (SSSR count). The van der Waals surface area contributed by atoms with Gasteiger partial charge in [-0.25, -0.2) is 13.1 Å². The van der Waals surface area contributed by atoms with Gasteiger partial charge in [-0.15, -0.1) is 12.4 Å². The summed E-state index contributed by atoms with van der Waals surface area (Å²) in [5, 5.41) is 11.2. The quantitative estimate of drug-likeness (QED) is 0.614. The van der Waals surface area contributed by atoms with Crippen LogP contribution in [0.15, 0.2) is 17.0 Å². The standard InChI is InChI=1S/C14H21N3O4S.ClH/c1-10-7-12(17(18)19)13(8-11(10)2)22(20,21)16-14(9-15)5-3-4-6-14;/h7-8,16H,3-6,9,15H2,1-2H3;1H. The van der Waals surface area contributed by atoms with Crippen LogP contribution >= 0.6 is 12.4 Å². The van der Waals surface area contributed by atoms with Crippen LogP contribution in [0.2, 0.25) is 0 Å². The van der Waals surface area contributed by atoms with Gasteiger partial charge < -0.3 is 5.73 Å². The van der Waals surface area contributed by atoms with Crippen molar-refractivity contribution in [2.75, 3.05) is 6.54 Å². The van der Waals surface area contributed by atoms with Gasteiger partial charge in [0.1, 0.15) is 0 Å². The van der Waals surface area contributed by atoms with E-state index in [-0.39, 0.29) is 23.8 Å². The molecule has 7 nitrogen and oxygen atoms in total. The van der Waals surface area contributed by atoms with Crippen LogP contribution in [0.25, 0.3) is 0 Å². The highest BCUT2D eigenvalue weighted by atomic mass is 35.5. The number of aryl methyl sites for hydroxylation is 2. The largest absolute Gasteiger partial charge is 0.329 e. The van der Waals surface area contributed by atoms with E-state index in [0.29, 0.717) is 24.0 Å². The second-order valence-corrected chi connectivity index (χ2v) is 7.61. The van der Waals surface area contributed by atoms with Crippen molar-refractivity contribution in [1.29, 1.82) is 0 Å². The lowest BCUT2D eigenvalue weighted by Gasteiger charge is -2.28. The molecule has 1 aromatic carbocycles. The third-order valence-corrected chi connectivity index (χ3v) is 5.97. The summed E-state index contributed by atoms with van der Waals surface area (Å²) in [4.78, 5) is 10.3. The van der Waals surface area contributed by atoms with Crippen molar-refractivity contribution in [3.8, 4) is 0 Å². The lowest BCUT2D eigenvalue weighted by molar-refractivity contribution is -0.387. The van der Waals surface area contributed by atoms with E-state index in [1.807, 2.05) is 0 Å². The number of nitrogens with zero attached hydrogens (tertiary/aromatic N) is 1. The molecule has 0 radical (unpaired) electrons. The summed E-state index contributed by atoms with van der Waals surface area (Å²) >= 11 is 0. The summed E-state index contributed by atoms with van der Waals surface area (Å²) < 4.78 is 28.0. The number of nitro benzene ring substituents is 1. The summed E-state index contributed by atoms with van der Waals surface area (Å²) in [6, 6.07) is 2.66. The minimum Gasteiger partial charge on any atom is -0.329 e. The molecule has 1 aliphatic carbocycles. The maximum absolute atomic E-state index is 12.7. The Balaban J connectivity index is 0.00000264. The van der Waals surface area contributed by atoms with Crippen LogP contribution in [-0.4, -0.2) is 25.4 Å². The summed E-state index contributed by atoms with van der Waals surface area (Å²) in [5.41, 5.74) is 6.03. The molecule has 0 heterocycles. The minimum absolute atomic E-state index is 0. The van der Waals surface area contributed by atoms with Crippen LogP contribution in [0, 0.1) is 24.0 Å². The number of hydrogen-bond acceptors (Lipinski definition) is 5. The Morgan fingerprint density at radius 3 is 2.26 bits per heavy atom. The van der Waals surface area contributed by atoms with E-state index in [2.05, 4.69) is 4.72 Å². The zero-order chi connectivity index (χ0) is 16.5. The lowest BCUT2D eigenvalue weighted by atomic mass is 10.0. The van der Waals surface area contributed by atoms with Crippen molar-refractivity contribution >= 4 is 28.1 Å². The first-order valence-corrected chi connectivity index (χ1v) is 8.69. The number of nitro groups is 1. The van der Waals surface area contributed by atoms with E-state index in [0.717, 1.165) is 12.8 Å². The van der Waals surface area contributed by atoms with Gasteiger partial charge in [0, 0.05) is 18.2 Å². The second-order valence-electron chi connectivity index (χ2n) is 5.96. The molecule has 0 atom stereocenters. The van der Waals surface area contributed by atoms with E-state index in [9.17, 15) is 18.5 Å². The molecule has 1 saturated carbocycles. The molecule has 0 unspecified atom stereocenters. The van der Waals surface area contributed by atoms with Gasteiger partial charge in [-0.3, -0.25) is 10.1 Å². The molecule has 0 saturated heterocycles. The van der Waals surface area contributed by atoms with Gasteiger partial charge in [0.25, 0.3) is 5.69 Å². The van der Waals surface area contributed by atoms with Gasteiger partial charge in [-0.2, -0.15) is 0 Å². The number of rotatable bonds is 5. The molecule has 0 aromatic heterocycles. The SMILES string of the molecule is Cc1cc([N+](=O)[O-])c(S(=O)(=O)NC2(CN)CCCC2)cc1C.Cl. The molecule has 1 aromatic rings. The summed E-state index contributed by atoms with van der Waals surface area (Å²) in [5.74, 6) is 0. The Hall–Kier alpha value is -1.22. The van der Waals surface area contributed by atoms with Crippen molar-refractivity contribution in [1.82, 2.24) is 4.72 Å². The fourth-order valence-corrected chi connectivity index (χ4v) is 4.58. The Morgan fingerprint density at radius 2 is 1.78 bits per heavy atom. The van der Waals surface area contributed by atoms with E-state index >= 15 is 0 Å². The first-order chi connectivity index (χ1) is 10.2. The zero-order valence-corrected chi connectivity index (χ0v) is 14.8. The number of sulfonamides is 1. The average Bonchev–Trinajstić information content (AvgIpc) is 2.89. The summed E-state index contributed by atoms with van der Waals surface area (Å²) in [6.45, 7) is 3.63. The highest BCUT2D eigenvalue weighted by Gasteiger charge is 2.39. The fraction of sp³-hybridized carbons (Fsp3) is 0.571. The third-order valence-electron chi connectivity index (χ3n) is 4.36. The molecule has 1 fully saturated rings. The minimum atomic E-state index is -4.00. The fourth-order valence-electron chi connectivity index (χ4n) is 2.87. The monoisotopic (exact) mass is 363 g/mol. The Kier molecular flexibility index (Phi) is 6.14. The molecular weight excluding hydrogens is 342 g/mol. The number of nitrogens with one attached hydrogen (secondary N) is 1. The number of nitrogens with two attached hydrogens (primary N) is 1. The van der Waals surface area contributed by atoms with E-state index in [4.69, 9.17) is 5.73 Å². The van der Waals surface area contributed by atoms with Gasteiger partial charge in [0.2, 0.25) is 10.0 Å². The second kappa shape index (κ2) is 7.12. The molecule has 0 spiro atoms. The van der Waals surface area contributed by atoms with E-state index in [1.54, 1.807) is 13.8 Å². The van der Waals surface area contributed by atoms with Crippen molar-refractivity contribution in [2.24, 2.45) is 5.73 Å². The first-order valence-electron chi connectivity index (χ1n) is 7.20. The normalized spacial score (nSPS) is 16.8. The lowest BCUT2D eigenvalue weighted by Crippen LogP contribution is -2.51. The highest BCUT2D eigenvalue weighted by molar-refractivity contribution is 7.89. The Bertz CT molecular complexity index is 700. The molecule has 0 bridgehead atoms. The predicted octanol–water partition coefficient (Wildman–Crippen LogP) is 2.18. The molecular formula is C14H22ClN3O4S. The first kappa shape index (κ1) is 19.8. The molecule has 9 heteroatoms. The smallest absolute Gasteiger partial charge is 0.289 e. The van der Waals surface area contributed by atoms with Gasteiger partial charge in [0.05, 0.1) is 4.92 Å². The van der Waals surface area contributed by atoms with Crippen LogP contribution in [0.3, 0.4) is 0 Å². The summed E-state index contributed by atoms with van der Waals surface area (Å²) in [6.07, 6.45) is 3.10. The molecule has 3 N–H and O–H groups in total. The van der Waals surface area contributed by atoms with Crippen LogP contribution in [0.1, 0.15) is 36.8 Å². The maximum atomic E-state index is 12.7. The third kappa shape index (κ3) is 4.00. The van der Waals surface area contributed by atoms with Crippen LogP contribution < -0.4 is 10.5 Å². The van der Waals surface area contributed by atoms with Gasteiger partial charge in [0.15, 0.2) is 4.90 Å². The molecule has 0 aliphatic heterocycles. The van der Waals surface area contributed by atoms with Gasteiger partial charge in [-0.05, 0) is 43.9 Å². The molecule has 1 aliphatic rings. The van der Waals surface area contributed by atoms with E-state index in [1.165, 1.54) is 12.1 Å². The van der Waals surface area contributed by atoms with Crippen molar-refractivity contribution in [3.05, 3.63) is 33.4 Å². The van der Waals surface area contributed by atoms with Crippen molar-refractivity contribution < 1.29 is 13.3 Å². The van der Waals surface area contributed by atoms with Crippen molar-refractivity contribution in [3.63, 3.8) is 0 Å². The van der Waals surface area contributed by atoms with Gasteiger partial charge >= 0.3 is 0 Å². The average molecular weight is 364 g/mol. The van der Waals surface area contributed by atoms with Gasteiger partial charge in [-0.1, -0.05) is 12.8 Å². The molecule has 23 heavy (non-hydrogen) atoms. The molecule has 0 amide bonds. The number of benzene rings is 1. The summed E-state index contributed by atoms with van der Waals surface area (Å²) in [7, 11) is -4.00. The Morgan fingerprint density at radius 1 is 1.26 bits per heavy atom. The predicted molar refractivity (Wildman–Crippen MR) is 90.4 cm³/mol. The van der Waals surface area contributed by atoms with Crippen LogP contribution in [0.4, 0.5) is 5.69 Å². The molecule has 130 valence electrons. The Labute approximate surface area is 142 Å². The number of hydrogen-bond donors (Lipinski definition) is 2. The number of halogens is 1. The maximum Gasteiger partial charge on any atom is 0.289 e.